The first-order valence-electron chi connectivity index (χ1n) is 6.49. The van der Waals surface area contributed by atoms with Gasteiger partial charge >= 0.3 is 8.80 Å². The summed E-state index contributed by atoms with van der Waals surface area (Å²) >= 11 is 0. The van der Waals surface area contributed by atoms with Crippen LogP contribution in [-0.2, 0) is 13.3 Å². The third-order valence-corrected chi connectivity index (χ3v) is 7.68. The summed E-state index contributed by atoms with van der Waals surface area (Å²) < 4.78 is 16.7. The average Bonchev–Trinajstić information content (AvgIpc) is 2.94. The SMILES string of the molecule is CO[Si](OC)(OC)C(C)CC1CC2C=CC1C2. The summed E-state index contributed by atoms with van der Waals surface area (Å²) in [6.45, 7) is 2.21. The fourth-order valence-corrected chi connectivity index (χ4v) is 5.92. The Labute approximate surface area is 106 Å². The molecule has 0 spiro atoms. The van der Waals surface area contributed by atoms with Gasteiger partial charge in [0.2, 0.25) is 0 Å². The lowest BCUT2D eigenvalue weighted by Gasteiger charge is -2.32. The van der Waals surface area contributed by atoms with Gasteiger partial charge in [0.1, 0.15) is 0 Å². The van der Waals surface area contributed by atoms with Crippen LogP contribution < -0.4 is 0 Å². The van der Waals surface area contributed by atoms with Crippen LogP contribution in [0.15, 0.2) is 12.2 Å². The Kier molecular flexibility index (Phi) is 4.08. The van der Waals surface area contributed by atoms with Gasteiger partial charge in [0.05, 0.1) is 0 Å². The topological polar surface area (TPSA) is 27.7 Å². The molecule has 2 aliphatic carbocycles. The minimum absolute atomic E-state index is 0.375. The van der Waals surface area contributed by atoms with Crippen molar-refractivity contribution < 1.29 is 13.3 Å². The Balaban J connectivity index is 1.96. The maximum atomic E-state index is 5.56. The second-order valence-electron chi connectivity index (χ2n) is 5.39. The van der Waals surface area contributed by atoms with Crippen LogP contribution in [0.25, 0.3) is 0 Å². The molecule has 0 aromatic rings. The summed E-state index contributed by atoms with van der Waals surface area (Å²) in [5, 5.41) is 0. The van der Waals surface area contributed by atoms with Crippen molar-refractivity contribution in [3.05, 3.63) is 12.2 Å². The van der Waals surface area contributed by atoms with E-state index in [0.29, 0.717) is 5.54 Å². The predicted molar refractivity (Wildman–Crippen MR) is 69.7 cm³/mol. The largest absolute Gasteiger partial charge is 0.503 e. The van der Waals surface area contributed by atoms with Crippen LogP contribution in [0.3, 0.4) is 0 Å². The van der Waals surface area contributed by atoms with Crippen LogP contribution in [-0.4, -0.2) is 30.1 Å². The molecule has 2 aliphatic rings. The Bertz CT molecular complexity index is 280. The zero-order chi connectivity index (χ0) is 12.5. The first-order chi connectivity index (χ1) is 8.15. The molecule has 4 unspecified atom stereocenters. The van der Waals surface area contributed by atoms with E-state index in [9.17, 15) is 0 Å². The Morgan fingerprint density at radius 1 is 1.12 bits per heavy atom. The van der Waals surface area contributed by atoms with Crippen molar-refractivity contribution in [3.8, 4) is 0 Å². The van der Waals surface area contributed by atoms with E-state index in [4.69, 9.17) is 13.3 Å². The number of allylic oxidation sites excluding steroid dienone is 2. The smallest absolute Gasteiger partial charge is 0.377 e. The Morgan fingerprint density at radius 3 is 2.18 bits per heavy atom. The number of hydrogen-bond donors (Lipinski definition) is 0. The van der Waals surface area contributed by atoms with Crippen LogP contribution in [0.1, 0.15) is 26.2 Å². The van der Waals surface area contributed by atoms with Gasteiger partial charge in [-0.3, -0.25) is 0 Å². The molecule has 1 saturated carbocycles. The normalized spacial score (nSPS) is 33.3. The van der Waals surface area contributed by atoms with Gasteiger partial charge in [0.25, 0.3) is 0 Å². The zero-order valence-corrected chi connectivity index (χ0v) is 12.3. The minimum Gasteiger partial charge on any atom is -0.377 e. The lowest BCUT2D eigenvalue weighted by molar-refractivity contribution is 0.108. The molecule has 98 valence electrons. The molecule has 2 bridgehead atoms. The molecule has 2 rings (SSSR count). The monoisotopic (exact) mass is 256 g/mol. The molecule has 0 aliphatic heterocycles. The molecule has 4 heteroatoms. The van der Waals surface area contributed by atoms with Crippen molar-refractivity contribution in [3.63, 3.8) is 0 Å². The summed E-state index contributed by atoms with van der Waals surface area (Å²) in [7, 11) is 2.67. The lowest BCUT2D eigenvalue weighted by atomic mass is 9.89. The first kappa shape index (κ1) is 13.3. The van der Waals surface area contributed by atoms with Crippen molar-refractivity contribution in [2.45, 2.75) is 31.7 Å². The van der Waals surface area contributed by atoms with E-state index in [1.165, 1.54) is 12.8 Å². The average molecular weight is 256 g/mol. The van der Waals surface area contributed by atoms with Gasteiger partial charge in [0, 0.05) is 26.9 Å². The number of fused-ring (bicyclic) bond motifs is 2. The highest BCUT2D eigenvalue weighted by Crippen LogP contribution is 2.48. The fraction of sp³-hybridized carbons (Fsp3) is 0.846. The standard InChI is InChI=1S/C13H24O3Si/c1-10(17(14-2,15-3)16-4)7-13-9-11-5-6-12(13)8-11/h5-6,10-13H,7-9H2,1-4H3. The Morgan fingerprint density at radius 2 is 1.76 bits per heavy atom. The summed E-state index contributed by atoms with van der Waals surface area (Å²) in [6.07, 6.45) is 8.65. The quantitative estimate of drug-likeness (QED) is 0.540. The number of hydrogen-bond acceptors (Lipinski definition) is 3. The fourth-order valence-electron chi connectivity index (χ4n) is 3.62. The van der Waals surface area contributed by atoms with Crippen LogP contribution >= 0.6 is 0 Å². The second-order valence-corrected chi connectivity index (χ2v) is 8.81. The zero-order valence-electron chi connectivity index (χ0n) is 11.3. The van der Waals surface area contributed by atoms with Crippen molar-refractivity contribution in [1.29, 1.82) is 0 Å². The highest BCUT2D eigenvalue weighted by molar-refractivity contribution is 6.62. The van der Waals surface area contributed by atoms with Crippen LogP contribution in [0.4, 0.5) is 0 Å². The highest BCUT2D eigenvalue weighted by atomic mass is 28.4. The van der Waals surface area contributed by atoms with Crippen molar-refractivity contribution in [2.24, 2.45) is 17.8 Å². The molecule has 1 fully saturated rings. The van der Waals surface area contributed by atoms with Crippen molar-refractivity contribution >= 4 is 8.80 Å². The summed E-state index contributed by atoms with van der Waals surface area (Å²) in [5.41, 5.74) is 0.375. The molecule has 0 aromatic heterocycles. The van der Waals surface area contributed by atoms with E-state index in [-0.39, 0.29) is 0 Å². The molecule has 0 radical (unpaired) electrons. The van der Waals surface area contributed by atoms with E-state index in [1.54, 1.807) is 21.3 Å². The minimum atomic E-state index is -2.44. The van der Waals surface area contributed by atoms with Crippen molar-refractivity contribution in [1.82, 2.24) is 0 Å². The van der Waals surface area contributed by atoms with Gasteiger partial charge in [-0.05, 0) is 37.0 Å². The maximum Gasteiger partial charge on any atom is 0.503 e. The van der Waals surface area contributed by atoms with Gasteiger partial charge in [-0.15, -0.1) is 0 Å². The summed E-state index contributed by atoms with van der Waals surface area (Å²) in [6, 6.07) is 0. The molecular weight excluding hydrogens is 232 g/mol. The predicted octanol–water partition coefficient (Wildman–Crippen LogP) is 2.86. The van der Waals surface area contributed by atoms with E-state index < -0.39 is 8.80 Å². The molecule has 0 N–H and O–H groups in total. The number of rotatable bonds is 6. The molecular formula is C13H24O3Si. The lowest BCUT2D eigenvalue weighted by Crippen LogP contribution is -2.47. The maximum absolute atomic E-state index is 5.56. The van der Waals surface area contributed by atoms with Crippen molar-refractivity contribution in [2.75, 3.05) is 21.3 Å². The molecule has 3 nitrogen and oxygen atoms in total. The third kappa shape index (κ3) is 2.36. The van der Waals surface area contributed by atoms with Gasteiger partial charge in [-0.1, -0.05) is 19.1 Å². The van der Waals surface area contributed by atoms with Crippen LogP contribution in [0.2, 0.25) is 5.54 Å². The molecule has 0 amide bonds. The van der Waals surface area contributed by atoms with E-state index in [1.807, 2.05) is 0 Å². The summed E-state index contributed by atoms with van der Waals surface area (Å²) in [5.74, 6) is 2.42. The van der Waals surface area contributed by atoms with Gasteiger partial charge in [0.15, 0.2) is 0 Å². The van der Waals surface area contributed by atoms with Gasteiger partial charge in [-0.25, -0.2) is 0 Å². The molecule has 0 heterocycles. The summed E-state index contributed by atoms with van der Waals surface area (Å²) in [4.78, 5) is 0. The van der Waals surface area contributed by atoms with Gasteiger partial charge in [-0.2, -0.15) is 0 Å². The molecule has 0 saturated heterocycles. The molecule has 4 atom stereocenters. The van der Waals surface area contributed by atoms with Crippen LogP contribution in [0.5, 0.6) is 0 Å². The highest BCUT2D eigenvalue weighted by Gasteiger charge is 2.47. The third-order valence-electron chi connectivity index (χ3n) is 4.53. The van der Waals surface area contributed by atoms with E-state index in [0.717, 1.165) is 24.2 Å². The Hall–Kier alpha value is -0.163. The van der Waals surface area contributed by atoms with E-state index in [2.05, 4.69) is 19.1 Å². The first-order valence-corrected chi connectivity index (χ1v) is 8.29. The molecule has 17 heavy (non-hydrogen) atoms. The second kappa shape index (κ2) is 5.22. The van der Waals surface area contributed by atoms with Gasteiger partial charge < -0.3 is 13.3 Å². The van der Waals surface area contributed by atoms with Crippen LogP contribution in [0, 0.1) is 17.8 Å². The van der Waals surface area contributed by atoms with E-state index >= 15 is 0 Å². The molecule has 0 aromatic carbocycles.